The maximum absolute atomic E-state index is 11.1. The highest BCUT2D eigenvalue weighted by Crippen LogP contribution is 2.60. The van der Waals surface area contributed by atoms with Crippen molar-refractivity contribution in [1.82, 2.24) is 0 Å². The number of amides is 1. The van der Waals surface area contributed by atoms with Crippen molar-refractivity contribution in [2.75, 3.05) is 18.5 Å². The van der Waals surface area contributed by atoms with Gasteiger partial charge in [0.25, 0.3) is 0 Å². The molecular weight excluding hydrogens is 426 g/mol. The number of nitrogens with one attached hydrogen (secondary N) is 1. The van der Waals surface area contributed by atoms with Gasteiger partial charge in [-0.2, -0.15) is 0 Å². The Morgan fingerprint density at radius 1 is 1.09 bits per heavy atom. The van der Waals surface area contributed by atoms with Crippen molar-refractivity contribution in [3.63, 3.8) is 0 Å². The van der Waals surface area contributed by atoms with Crippen LogP contribution in [0.4, 0.5) is 5.69 Å². The standard InChI is InChI=1S/C25H35NO7/c1-15-5-10-21-16(2)22(29-14-13-28-19-8-6-18(7-9-19)26-17(3)27)30-23-25(21)20(15)11-12-24(4,31-23)32-33-25/h6-9,15-16,20-23H,5,10-14H2,1-4H3,(H,26,27)/t15-,16-,20?,21+,22+,23-,24-,25-/m1/s1. The molecule has 1 saturated carbocycles. The zero-order valence-corrected chi connectivity index (χ0v) is 19.9. The zero-order chi connectivity index (χ0) is 23.2. The smallest absolute Gasteiger partial charge is 0.221 e. The third-order valence-electron chi connectivity index (χ3n) is 7.91. The molecule has 5 aliphatic rings. The average Bonchev–Trinajstić information content (AvgIpc) is 3.01. The molecule has 4 aliphatic heterocycles. The first kappa shape index (κ1) is 23.1. The molecule has 1 spiro atoms. The Bertz CT molecular complexity index is 863. The molecule has 1 aliphatic carbocycles. The van der Waals surface area contributed by atoms with Crippen LogP contribution in [0.3, 0.4) is 0 Å². The van der Waals surface area contributed by atoms with Crippen LogP contribution in [-0.2, 0) is 28.8 Å². The van der Waals surface area contributed by atoms with Crippen molar-refractivity contribution in [2.24, 2.45) is 23.7 Å². The summed E-state index contributed by atoms with van der Waals surface area (Å²) in [6.07, 6.45) is 3.13. The second-order valence-corrected chi connectivity index (χ2v) is 10.2. The van der Waals surface area contributed by atoms with Crippen molar-refractivity contribution in [1.29, 1.82) is 0 Å². The molecular formula is C25H35NO7. The molecule has 4 heterocycles. The van der Waals surface area contributed by atoms with E-state index in [2.05, 4.69) is 19.2 Å². The monoisotopic (exact) mass is 461 g/mol. The average molecular weight is 462 g/mol. The van der Waals surface area contributed by atoms with Crippen LogP contribution in [0.5, 0.6) is 5.75 Å². The molecule has 0 radical (unpaired) electrons. The molecule has 8 nitrogen and oxygen atoms in total. The van der Waals surface area contributed by atoms with E-state index >= 15 is 0 Å². The van der Waals surface area contributed by atoms with Gasteiger partial charge in [0.1, 0.15) is 12.4 Å². The molecule has 1 unspecified atom stereocenters. The summed E-state index contributed by atoms with van der Waals surface area (Å²) in [5, 5.41) is 2.74. The number of rotatable bonds is 6. The van der Waals surface area contributed by atoms with Gasteiger partial charge in [-0.05, 0) is 62.3 Å². The normalized spacial score (nSPS) is 41.7. The molecule has 182 valence electrons. The van der Waals surface area contributed by atoms with Crippen LogP contribution in [-0.4, -0.2) is 43.1 Å². The van der Waals surface area contributed by atoms with E-state index in [9.17, 15) is 4.79 Å². The molecule has 1 amide bonds. The van der Waals surface area contributed by atoms with Crippen molar-refractivity contribution < 1.29 is 33.5 Å². The molecule has 2 bridgehead atoms. The molecule has 4 saturated heterocycles. The van der Waals surface area contributed by atoms with Gasteiger partial charge in [-0.15, -0.1) is 0 Å². The van der Waals surface area contributed by atoms with Gasteiger partial charge in [-0.1, -0.05) is 13.8 Å². The lowest BCUT2D eigenvalue weighted by Gasteiger charge is -2.60. The highest BCUT2D eigenvalue weighted by Gasteiger charge is 2.69. The SMILES string of the molecule is CC(=O)Nc1ccc(OCCO[C@H]2O[C@@H]3O[C@@]4(C)CCC5[C@H](C)CC[C@@H]([C@H]2C)[C@]53OO4)cc1. The Morgan fingerprint density at radius 2 is 1.88 bits per heavy atom. The number of carbonyl (C=O) groups is 1. The van der Waals surface area contributed by atoms with Crippen LogP contribution in [0.25, 0.3) is 0 Å². The highest BCUT2D eigenvalue weighted by atomic mass is 17.3. The Morgan fingerprint density at radius 3 is 2.64 bits per heavy atom. The fourth-order valence-corrected chi connectivity index (χ4v) is 6.22. The Kier molecular flexibility index (Phi) is 6.16. The van der Waals surface area contributed by atoms with Crippen LogP contribution in [0.15, 0.2) is 24.3 Å². The van der Waals surface area contributed by atoms with E-state index in [1.54, 1.807) is 0 Å². The maximum atomic E-state index is 11.1. The molecule has 0 aromatic heterocycles. The van der Waals surface area contributed by atoms with Crippen LogP contribution in [0.2, 0.25) is 0 Å². The summed E-state index contributed by atoms with van der Waals surface area (Å²) in [4.78, 5) is 23.2. The van der Waals surface area contributed by atoms with E-state index < -0.39 is 24.0 Å². The zero-order valence-electron chi connectivity index (χ0n) is 19.9. The van der Waals surface area contributed by atoms with Crippen molar-refractivity contribution in [2.45, 2.75) is 77.3 Å². The number of ether oxygens (including phenoxy) is 4. The van der Waals surface area contributed by atoms with Gasteiger partial charge in [-0.3, -0.25) is 4.79 Å². The molecule has 1 aromatic rings. The third kappa shape index (κ3) is 4.17. The number of benzene rings is 1. The lowest BCUT2D eigenvalue weighted by atomic mass is 9.58. The minimum absolute atomic E-state index is 0.101. The highest BCUT2D eigenvalue weighted by molar-refractivity contribution is 5.88. The Balaban J connectivity index is 1.21. The van der Waals surface area contributed by atoms with Crippen LogP contribution in [0.1, 0.15) is 53.4 Å². The first-order chi connectivity index (χ1) is 15.8. The number of hydrogen-bond donors (Lipinski definition) is 1. The molecule has 8 heteroatoms. The molecule has 1 N–H and O–H groups in total. The Hall–Kier alpha value is -1.71. The van der Waals surface area contributed by atoms with Crippen molar-refractivity contribution in [3.05, 3.63) is 24.3 Å². The minimum atomic E-state index is -0.783. The number of hydrogen-bond acceptors (Lipinski definition) is 7. The van der Waals surface area contributed by atoms with Crippen molar-refractivity contribution in [3.8, 4) is 5.75 Å². The summed E-state index contributed by atoms with van der Waals surface area (Å²) in [5.74, 6) is 1.10. The first-order valence-electron chi connectivity index (χ1n) is 12.1. The van der Waals surface area contributed by atoms with Gasteiger partial charge in [-0.25, -0.2) is 9.78 Å². The maximum Gasteiger partial charge on any atom is 0.221 e. The summed E-state index contributed by atoms with van der Waals surface area (Å²) in [6, 6.07) is 7.27. The second kappa shape index (κ2) is 8.82. The van der Waals surface area contributed by atoms with Crippen LogP contribution in [0, 0.1) is 23.7 Å². The van der Waals surface area contributed by atoms with Gasteiger partial charge in [0.15, 0.2) is 18.2 Å². The molecule has 5 fully saturated rings. The number of fused-ring (bicyclic) bond motifs is 2. The van der Waals surface area contributed by atoms with E-state index in [-0.39, 0.29) is 17.7 Å². The van der Waals surface area contributed by atoms with Gasteiger partial charge in [0, 0.05) is 30.9 Å². The van der Waals surface area contributed by atoms with E-state index in [4.69, 9.17) is 28.7 Å². The lowest BCUT2D eigenvalue weighted by Crippen LogP contribution is -2.70. The van der Waals surface area contributed by atoms with Gasteiger partial charge in [0.2, 0.25) is 11.7 Å². The summed E-state index contributed by atoms with van der Waals surface area (Å²) >= 11 is 0. The van der Waals surface area contributed by atoms with Crippen LogP contribution < -0.4 is 10.1 Å². The molecule has 8 atom stereocenters. The van der Waals surface area contributed by atoms with Gasteiger partial charge < -0.3 is 24.3 Å². The first-order valence-corrected chi connectivity index (χ1v) is 12.1. The quantitative estimate of drug-likeness (QED) is 0.501. The van der Waals surface area contributed by atoms with Crippen LogP contribution >= 0.6 is 0 Å². The summed E-state index contributed by atoms with van der Waals surface area (Å²) in [6.45, 7) is 8.69. The predicted octanol–water partition coefficient (Wildman–Crippen LogP) is 4.25. The van der Waals surface area contributed by atoms with Gasteiger partial charge in [0.05, 0.1) is 6.61 Å². The molecule has 33 heavy (non-hydrogen) atoms. The van der Waals surface area contributed by atoms with Gasteiger partial charge >= 0.3 is 0 Å². The summed E-state index contributed by atoms with van der Waals surface area (Å²) in [5.41, 5.74) is 0.168. The number of anilines is 1. The summed E-state index contributed by atoms with van der Waals surface area (Å²) in [7, 11) is 0. The lowest BCUT2D eigenvalue weighted by molar-refractivity contribution is -0.577. The second-order valence-electron chi connectivity index (χ2n) is 10.2. The minimum Gasteiger partial charge on any atom is -0.491 e. The van der Waals surface area contributed by atoms with E-state index in [0.717, 1.165) is 30.7 Å². The largest absolute Gasteiger partial charge is 0.491 e. The Labute approximate surface area is 195 Å². The number of carbonyl (C=O) groups excluding carboxylic acids is 1. The fraction of sp³-hybridized carbons (Fsp3) is 0.720. The van der Waals surface area contributed by atoms with E-state index in [1.807, 2.05) is 31.2 Å². The van der Waals surface area contributed by atoms with Crippen molar-refractivity contribution >= 4 is 11.6 Å². The summed E-state index contributed by atoms with van der Waals surface area (Å²) < 4.78 is 24.7. The topological polar surface area (TPSA) is 84.5 Å². The van der Waals surface area contributed by atoms with E-state index in [1.165, 1.54) is 13.3 Å². The fourth-order valence-electron chi connectivity index (χ4n) is 6.22. The third-order valence-corrected chi connectivity index (χ3v) is 7.91. The molecule has 6 rings (SSSR count). The predicted molar refractivity (Wildman–Crippen MR) is 119 cm³/mol. The van der Waals surface area contributed by atoms with E-state index in [0.29, 0.717) is 25.0 Å². The molecule has 1 aromatic carbocycles.